The minimum atomic E-state index is -0.765. The first kappa shape index (κ1) is 70.4. The molecule has 6 heteroatoms. The zero-order chi connectivity index (χ0) is 52.6. The van der Waals surface area contributed by atoms with Crippen LogP contribution in [0.3, 0.4) is 0 Å². The lowest BCUT2D eigenvalue weighted by Crippen LogP contribution is -2.30. The van der Waals surface area contributed by atoms with Crippen LogP contribution >= 0.6 is 0 Å². The molecule has 0 heterocycles. The molecule has 0 radical (unpaired) electrons. The van der Waals surface area contributed by atoms with E-state index in [0.717, 1.165) is 75.5 Å². The van der Waals surface area contributed by atoms with E-state index in [1.54, 1.807) is 0 Å². The van der Waals surface area contributed by atoms with Crippen molar-refractivity contribution in [3.05, 3.63) is 0 Å². The van der Waals surface area contributed by atoms with E-state index in [1.807, 2.05) is 0 Å². The molecule has 0 saturated carbocycles. The Morgan fingerprint density at radius 3 is 0.597 bits per heavy atom. The average molecular weight is 1020 g/mol. The van der Waals surface area contributed by atoms with Crippen molar-refractivity contribution < 1.29 is 28.6 Å². The Balaban J connectivity index is 4.26. The molecule has 0 aromatic rings. The molecular formula is C66H128O6. The molecule has 0 aliphatic rings. The number of unbranched alkanes of at least 4 members (excludes halogenated alkanes) is 42. The number of esters is 3. The van der Waals surface area contributed by atoms with E-state index in [2.05, 4.69) is 41.5 Å². The van der Waals surface area contributed by atoms with Crippen LogP contribution in [-0.4, -0.2) is 37.2 Å². The lowest BCUT2D eigenvalue weighted by atomic mass is 10.0. The predicted octanol–water partition coefficient (Wildman–Crippen LogP) is 21.8. The maximum atomic E-state index is 12.9. The molecule has 428 valence electrons. The van der Waals surface area contributed by atoms with Gasteiger partial charge in [0, 0.05) is 19.3 Å². The van der Waals surface area contributed by atoms with Crippen molar-refractivity contribution in [2.24, 2.45) is 17.8 Å². The third-order valence-corrected chi connectivity index (χ3v) is 15.1. The smallest absolute Gasteiger partial charge is 0.306 e. The maximum Gasteiger partial charge on any atom is 0.306 e. The molecule has 0 unspecified atom stereocenters. The molecule has 0 N–H and O–H groups in total. The van der Waals surface area contributed by atoms with Crippen molar-refractivity contribution in [1.82, 2.24) is 0 Å². The highest BCUT2D eigenvalue weighted by Gasteiger charge is 2.19. The highest BCUT2D eigenvalue weighted by molar-refractivity contribution is 5.71. The van der Waals surface area contributed by atoms with E-state index in [1.165, 1.54) is 250 Å². The fourth-order valence-electron chi connectivity index (χ4n) is 10.2. The molecule has 0 saturated heterocycles. The number of hydrogen-bond acceptors (Lipinski definition) is 6. The van der Waals surface area contributed by atoms with Crippen LogP contribution in [0.4, 0.5) is 0 Å². The SMILES string of the molecule is CC(C)CCCCCCCCCCCCCCCCCCCCC(=O)OC[C@@H](COC(=O)CCCCCCCCCCCCCC(C)C)OC(=O)CCCCCCCCCCCCCCCCCCC(C)C. The molecule has 0 rings (SSSR count). The lowest BCUT2D eigenvalue weighted by molar-refractivity contribution is -0.167. The van der Waals surface area contributed by atoms with Gasteiger partial charge < -0.3 is 14.2 Å². The Bertz CT molecular complexity index is 1120. The third-order valence-electron chi connectivity index (χ3n) is 15.1. The lowest BCUT2D eigenvalue weighted by Gasteiger charge is -2.18. The van der Waals surface area contributed by atoms with Crippen molar-refractivity contribution in [2.75, 3.05) is 13.2 Å². The second-order valence-corrected chi connectivity index (χ2v) is 24.2. The Labute approximate surface area is 450 Å². The van der Waals surface area contributed by atoms with Crippen molar-refractivity contribution >= 4 is 17.9 Å². The number of carbonyl (C=O) groups excluding carboxylic acids is 3. The van der Waals surface area contributed by atoms with Crippen LogP contribution in [0.1, 0.15) is 369 Å². The fraction of sp³-hybridized carbons (Fsp3) is 0.955. The van der Waals surface area contributed by atoms with Gasteiger partial charge in [-0.05, 0) is 37.0 Å². The van der Waals surface area contributed by atoms with Gasteiger partial charge in [0.05, 0.1) is 0 Å². The van der Waals surface area contributed by atoms with Gasteiger partial charge in [-0.2, -0.15) is 0 Å². The van der Waals surface area contributed by atoms with Gasteiger partial charge in [-0.1, -0.05) is 330 Å². The molecule has 1 atom stereocenters. The summed E-state index contributed by atoms with van der Waals surface area (Å²) in [7, 11) is 0. The molecule has 0 fully saturated rings. The summed E-state index contributed by atoms with van der Waals surface area (Å²) < 4.78 is 17.0. The van der Waals surface area contributed by atoms with Gasteiger partial charge in [0.1, 0.15) is 13.2 Å². The van der Waals surface area contributed by atoms with Gasteiger partial charge >= 0.3 is 17.9 Å². The number of hydrogen-bond donors (Lipinski definition) is 0. The summed E-state index contributed by atoms with van der Waals surface area (Å²) in [4.78, 5) is 38.3. The number of ether oxygens (including phenoxy) is 3. The standard InChI is InChI=1S/C66H128O6/c1-60(2)52-46-40-34-28-22-17-13-9-7-8-10-15-19-25-31-37-43-49-55-64(67)70-58-63(59-71-65(68)56-50-44-38-32-27-21-24-30-36-42-48-54-62(5)6)72-66(69)57-51-45-39-33-26-20-16-12-11-14-18-23-29-35-41-47-53-61(3)4/h60-63H,7-59H2,1-6H3/t63-/m0/s1. The van der Waals surface area contributed by atoms with Crippen molar-refractivity contribution in [3.63, 3.8) is 0 Å². The molecule has 0 bridgehead atoms. The van der Waals surface area contributed by atoms with Gasteiger partial charge in [-0.15, -0.1) is 0 Å². The van der Waals surface area contributed by atoms with Crippen LogP contribution in [0.15, 0.2) is 0 Å². The van der Waals surface area contributed by atoms with Crippen LogP contribution in [0.25, 0.3) is 0 Å². The highest BCUT2D eigenvalue weighted by atomic mass is 16.6. The molecule has 0 aliphatic carbocycles. The first-order valence-corrected chi connectivity index (χ1v) is 32.6. The number of rotatable bonds is 59. The first-order chi connectivity index (χ1) is 35.1. The zero-order valence-electron chi connectivity index (χ0n) is 49.7. The zero-order valence-corrected chi connectivity index (χ0v) is 49.7. The topological polar surface area (TPSA) is 78.9 Å². The molecule has 0 aliphatic heterocycles. The second kappa shape index (κ2) is 57.1. The molecule has 6 nitrogen and oxygen atoms in total. The summed E-state index contributed by atoms with van der Waals surface area (Å²) in [6, 6.07) is 0. The van der Waals surface area contributed by atoms with Crippen LogP contribution in [0.2, 0.25) is 0 Å². The Kier molecular flexibility index (Phi) is 55.9. The molecular weight excluding hydrogens is 889 g/mol. The summed E-state index contributed by atoms with van der Waals surface area (Å²) in [5, 5.41) is 0. The molecule has 0 spiro atoms. The third kappa shape index (κ3) is 59.3. The first-order valence-electron chi connectivity index (χ1n) is 32.6. The second-order valence-electron chi connectivity index (χ2n) is 24.2. The maximum absolute atomic E-state index is 12.9. The van der Waals surface area contributed by atoms with Crippen LogP contribution < -0.4 is 0 Å². The van der Waals surface area contributed by atoms with E-state index in [-0.39, 0.29) is 31.1 Å². The van der Waals surface area contributed by atoms with E-state index >= 15 is 0 Å². The normalized spacial score (nSPS) is 12.1. The Hall–Kier alpha value is -1.59. The summed E-state index contributed by atoms with van der Waals surface area (Å²) in [5.41, 5.74) is 0. The van der Waals surface area contributed by atoms with Crippen LogP contribution in [-0.2, 0) is 28.6 Å². The van der Waals surface area contributed by atoms with Gasteiger partial charge in [-0.25, -0.2) is 0 Å². The predicted molar refractivity (Wildman–Crippen MR) is 312 cm³/mol. The van der Waals surface area contributed by atoms with Gasteiger partial charge in [0.15, 0.2) is 6.10 Å². The average Bonchev–Trinajstić information content (AvgIpc) is 3.34. The van der Waals surface area contributed by atoms with Gasteiger partial charge in [-0.3, -0.25) is 14.4 Å². The molecule has 0 aromatic heterocycles. The summed E-state index contributed by atoms with van der Waals surface area (Å²) in [5.74, 6) is 1.70. The summed E-state index contributed by atoms with van der Waals surface area (Å²) in [6.45, 7) is 13.8. The fourth-order valence-corrected chi connectivity index (χ4v) is 10.2. The van der Waals surface area contributed by atoms with E-state index < -0.39 is 6.10 Å². The summed E-state index contributed by atoms with van der Waals surface area (Å²) in [6.07, 6.45) is 62.5. The highest BCUT2D eigenvalue weighted by Crippen LogP contribution is 2.19. The van der Waals surface area contributed by atoms with Crippen LogP contribution in [0, 0.1) is 17.8 Å². The Morgan fingerprint density at radius 2 is 0.403 bits per heavy atom. The van der Waals surface area contributed by atoms with Crippen molar-refractivity contribution in [1.29, 1.82) is 0 Å². The van der Waals surface area contributed by atoms with E-state index in [0.29, 0.717) is 19.3 Å². The molecule has 0 amide bonds. The largest absolute Gasteiger partial charge is 0.462 e. The van der Waals surface area contributed by atoms with Crippen molar-refractivity contribution in [2.45, 2.75) is 375 Å². The molecule has 0 aromatic carbocycles. The minimum absolute atomic E-state index is 0.0625. The van der Waals surface area contributed by atoms with Gasteiger partial charge in [0.25, 0.3) is 0 Å². The van der Waals surface area contributed by atoms with Crippen LogP contribution in [0.5, 0.6) is 0 Å². The van der Waals surface area contributed by atoms with E-state index in [4.69, 9.17) is 14.2 Å². The van der Waals surface area contributed by atoms with Crippen molar-refractivity contribution in [3.8, 4) is 0 Å². The Morgan fingerprint density at radius 1 is 0.236 bits per heavy atom. The molecule has 72 heavy (non-hydrogen) atoms. The number of carbonyl (C=O) groups is 3. The summed E-state index contributed by atoms with van der Waals surface area (Å²) >= 11 is 0. The quantitative estimate of drug-likeness (QED) is 0.0343. The monoisotopic (exact) mass is 1020 g/mol. The van der Waals surface area contributed by atoms with E-state index in [9.17, 15) is 14.4 Å². The minimum Gasteiger partial charge on any atom is -0.462 e. The van der Waals surface area contributed by atoms with Gasteiger partial charge in [0.2, 0.25) is 0 Å².